The number of aromatic amines is 1. The molecule has 0 aliphatic rings. The first-order valence-corrected chi connectivity index (χ1v) is 6.01. The summed E-state index contributed by atoms with van der Waals surface area (Å²) in [6.07, 6.45) is 1.61. The minimum absolute atomic E-state index is 0.00462. The number of amides is 3. The summed E-state index contributed by atoms with van der Waals surface area (Å²) in [6.45, 7) is 3.67. The molecule has 0 aliphatic heterocycles. The van der Waals surface area contributed by atoms with Crippen molar-refractivity contribution in [1.82, 2.24) is 21.2 Å². The Hall–Kier alpha value is -2.50. The highest BCUT2D eigenvalue weighted by Gasteiger charge is 2.12. The highest BCUT2D eigenvalue weighted by atomic mass is 16.2. The van der Waals surface area contributed by atoms with Gasteiger partial charge in [-0.25, -0.2) is 10.2 Å². The van der Waals surface area contributed by atoms with Gasteiger partial charge in [-0.1, -0.05) is 18.2 Å². The van der Waals surface area contributed by atoms with Crippen LogP contribution in [0.4, 0.5) is 4.79 Å². The summed E-state index contributed by atoms with van der Waals surface area (Å²) in [4.78, 5) is 26.3. The Balaban J connectivity index is 2.02. The molecule has 2 rings (SSSR count). The van der Waals surface area contributed by atoms with E-state index in [9.17, 15) is 9.59 Å². The number of nitrogens with one attached hydrogen (secondary N) is 4. The van der Waals surface area contributed by atoms with Crippen LogP contribution < -0.4 is 16.2 Å². The van der Waals surface area contributed by atoms with Crippen LogP contribution in [-0.4, -0.2) is 23.0 Å². The highest BCUT2D eigenvalue weighted by molar-refractivity contribution is 6.06. The Bertz CT molecular complexity index is 603. The van der Waals surface area contributed by atoms with E-state index in [0.29, 0.717) is 5.56 Å². The van der Waals surface area contributed by atoms with Crippen molar-refractivity contribution in [1.29, 1.82) is 0 Å². The Morgan fingerprint density at radius 1 is 1.16 bits per heavy atom. The third-order valence-electron chi connectivity index (χ3n) is 2.54. The number of para-hydroxylation sites is 1. The molecule has 100 valence electrons. The molecule has 6 nitrogen and oxygen atoms in total. The van der Waals surface area contributed by atoms with Gasteiger partial charge in [0.2, 0.25) is 0 Å². The Morgan fingerprint density at radius 2 is 1.89 bits per heavy atom. The van der Waals surface area contributed by atoms with Gasteiger partial charge in [0, 0.05) is 23.1 Å². The zero-order valence-corrected chi connectivity index (χ0v) is 10.8. The van der Waals surface area contributed by atoms with Crippen LogP contribution in [-0.2, 0) is 0 Å². The number of rotatable bonds is 2. The van der Waals surface area contributed by atoms with Gasteiger partial charge >= 0.3 is 6.03 Å². The largest absolute Gasteiger partial charge is 0.360 e. The van der Waals surface area contributed by atoms with E-state index >= 15 is 0 Å². The van der Waals surface area contributed by atoms with E-state index in [-0.39, 0.29) is 11.9 Å². The van der Waals surface area contributed by atoms with E-state index in [1.807, 2.05) is 38.1 Å². The lowest BCUT2D eigenvalue weighted by atomic mass is 10.2. The number of urea groups is 1. The zero-order valence-electron chi connectivity index (χ0n) is 10.8. The fourth-order valence-corrected chi connectivity index (χ4v) is 1.74. The molecular weight excluding hydrogens is 244 g/mol. The van der Waals surface area contributed by atoms with Gasteiger partial charge in [0.25, 0.3) is 5.91 Å². The molecule has 0 fully saturated rings. The molecule has 0 atom stereocenters. The third-order valence-corrected chi connectivity index (χ3v) is 2.54. The molecule has 0 radical (unpaired) electrons. The molecule has 0 bridgehead atoms. The van der Waals surface area contributed by atoms with E-state index in [1.54, 1.807) is 6.20 Å². The summed E-state index contributed by atoms with van der Waals surface area (Å²) in [5.74, 6) is -0.364. The lowest BCUT2D eigenvalue weighted by Crippen LogP contribution is -2.48. The molecule has 6 heteroatoms. The quantitative estimate of drug-likeness (QED) is 0.617. The lowest BCUT2D eigenvalue weighted by Gasteiger charge is -2.10. The highest BCUT2D eigenvalue weighted by Crippen LogP contribution is 2.16. The van der Waals surface area contributed by atoms with Crippen molar-refractivity contribution in [3.05, 3.63) is 36.0 Å². The van der Waals surface area contributed by atoms with Crippen LogP contribution in [0.15, 0.2) is 30.5 Å². The van der Waals surface area contributed by atoms with Crippen molar-refractivity contribution in [2.45, 2.75) is 19.9 Å². The van der Waals surface area contributed by atoms with Gasteiger partial charge in [-0.15, -0.1) is 0 Å². The summed E-state index contributed by atoms with van der Waals surface area (Å²) >= 11 is 0. The van der Waals surface area contributed by atoms with Crippen LogP contribution in [0.3, 0.4) is 0 Å². The van der Waals surface area contributed by atoms with Crippen LogP contribution in [0.5, 0.6) is 0 Å². The summed E-state index contributed by atoms with van der Waals surface area (Å²) < 4.78 is 0. The zero-order chi connectivity index (χ0) is 13.8. The van der Waals surface area contributed by atoms with Gasteiger partial charge in [0.15, 0.2) is 0 Å². The maximum absolute atomic E-state index is 11.9. The molecule has 0 saturated heterocycles. The number of aromatic nitrogens is 1. The fraction of sp³-hybridized carbons (Fsp3) is 0.231. The van der Waals surface area contributed by atoms with Crippen molar-refractivity contribution in [2.24, 2.45) is 0 Å². The van der Waals surface area contributed by atoms with Gasteiger partial charge in [0.1, 0.15) is 0 Å². The van der Waals surface area contributed by atoms with Crippen LogP contribution in [0, 0.1) is 0 Å². The number of carbonyl (C=O) groups excluding carboxylic acids is 2. The van der Waals surface area contributed by atoms with Crippen molar-refractivity contribution in [2.75, 3.05) is 0 Å². The van der Waals surface area contributed by atoms with Crippen molar-refractivity contribution in [3.8, 4) is 0 Å². The van der Waals surface area contributed by atoms with E-state index in [0.717, 1.165) is 10.9 Å². The average Bonchev–Trinajstić information content (AvgIpc) is 2.79. The van der Waals surface area contributed by atoms with E-state index in [2.05, 4.69) is 21.2 Å². The second-order valence-corrected chi connectivity index (χ2v) is 4.46. The molecule has 1 aromatic heterocycles. The molecule has 1 aromatic carbocycles. The maximum Gasteiger partial charge on any atom is 0.333 e. The summed E-state index contributed by atoms with van der Waals surface area (Å²) in [6, 6.07) is 7.02. The Labute approximate surface area is 110 Å². The SMILES string of the molecule is CC(C)NC(=O)NNC(=O)c1c[nH]c2ccccc12. The standard InChI is InChI=1S/C13H16N4O2/c1-8(2)15-13(19)17-16-12(18)10-7-14-11-6-4-3-5-9(10)11/h3-8,14H,1-2H3,(H,16,18)(H2,15,17,19). The second kappa shape index (κ2) is 5.43. The van der Waals surface area contributed by atoms with Gasteiger partial charge in [0.05, 0.1) is 5.56 Å². The predicted molar refractivity (Wildman–Crippen MR) is 72.6 cm³/mol. The molecule has 0 unspecified atom stereocenters. The molecule has 1 heterocycles. The number of fused-ring (bicyclic) bond motifs is 1. The molecule has 0 aliphatic carbocycles. The van der Waals surface area contributed by atoms with Crippen LogP contribution >= 0.6 is 0 Å². The van der Waals surface area contributed by atoms with Crippen LogP contribution in [0.1, 0.15) is 24.2 Å². The van der Waals surface area contributed by atoms with Crippen molar-refractivity contribution >= 4 is 22.8 Å². The smallest absolute Gasteiger partial charge is 0.333 e. The number of hydrazine groups is 1. The Kier molecular flexibility index (Phi) is 3.70. The summed E-state index contributed by atoms with van der Waals surface area (Å²) in [5, 5.41) is 3.42. The molecular formula is C13H16N4O2. The number of H-pyrrole nitrogens is 1. The number of carbonyl (C=O) groups is 2. The maximum atomic E-state index is 11.9. The van der Waals surface area contributed by atoms with Gasteiger partial charge in [-0.2, -0.15) is 0 Å². The van der Waals surface area contributed by atoms with E-state index in [4.69, 9.17) is 0 Å². The molecule has 4 N–H and O–H groups in total. The van der Waals surface area contributed by atoms with Gasteiger partial charge in [-0.3, -0.25) is 10.2 Å². The summed E-state index contributed by atoms with van der Waals surface area (Å²) in [7, 11) is 0. The monoisotopic (exact) mass is 260 g/mol. The number of hydrogen-bond acceptors (Lipinski definition) is 2. The minimum atomic E-state index is -0.441. The predicted octanol–water partition coefficient (Wildman–Crippen LogP) is 1.52. The van der Waals surface area contributed by atoms with Crippen LogP contribution in [0.2, 0.25) is 0 Å². The minimum Gasteiger partial charge on any atom is -0.360 e. The molecule has 0 saturated carbocycles. The molecule has 0 spiro atoms. The van der Waals surface area contributed by atoms with Gasteiger partial charge < -0.3 is 10.3 Å². The average molecular weight is 260 g/mol. The first-order valence-electron chi connectivity index (χ1n) is 6.01. The number of benzene rings is 1. The van der Waals surface area contributed by atoms with Crippen molar-refractivity contribution < 1.29 is 9.59 Å². The number of hydrogen-bond donors (Lipinski definition) is 4. The second-order valence-electron chi connectivity index (χ2n) is 4.46. The first-order chi connectivity index (χ1) is 9.08. The summed E-state index contributed by atoms with van der Waals surface area (Å²) in [5.41, 5.74) is 6.03. The third kappa shape index (κ3) is 3.04. The molecule has 19 heavy (non-hydrogen) atoms. The van der Waals surface area contributed by atoms with Crippen LogP contribution in [0.25, 0.3) is 10.9 Å². The van der Waals surface area contributed by atoms with E-state index < -0.39 is 6.03 Å². The Morgan fingerprint density at radius 3 is 2.63 bits per heavy atom. The van der Waals surface area contributed by atoms with Crippen molar-refractivity contribution in [3.63, 3.8) is 0 Å². The lowest BCUT2D eigenvalue weighted by molar-refractivity contribution is 0.0937. The van der Waals surface area contributed by atoms with Gasteiger partial charge in [-0.05, 0) is 19.9 Å². The normalized spacial score (nSPS) is 10.5. The topological polar surface area (TPSA) is 86.0 Å². The molecule has 3 amide bonds. The fourth-order valence-electron chi connectivity index (χ4n) is 1.74. The first kappa shape index (κ1) is 12.9. The molecule has 2 aromatic rings. The van der Waals surface area contributed by atoms with E-state index in [1.165, 1.54) is 0 Å².